The van der Waals surface area contributed by atoms with Crippen molar-refractivity contribution in [2.75, 3.05) is 6.54 Å². The summed E-state index contributed by atoms with van der Waals surface area (Å²) in [6, 6.07) is 37.7. The molecule has 57 heavy (non-hydrogen) atoms. The van der Waals surface area contributed by atoms with Crippen molar-refractivity contribution in [3.8, 4) is 5.75 Å². The van der Waals surface area contributed by atoms with E-state index in [0.29, 0.717) is 24.2 Å². The number of nitrogens with zero attached hydrogens (tertiary/aromatic N) is 1. The third kappa shape index (κ3) is 5.29. The van der Waals surface area contributed by atoms with Crippen LogP contribution in [-0.4, -0.2) is 45.2 Å². The van der Waals surface area contributed by atoms with Gasteiger partial charge in [0, 0.05) is 33.9 Å². The van der Waals surface area contributed by atoms with Gasteiger partial charge in [0.25, 0.3) is 0 Å². The molecule has 1 amide bonds. The Bertz CT molecular complexity index is 2490. The monoisotopic (exact) mass is 757 g/mol. The van der Waals surface area contributed by atoms with E-state index < -0.39 is 34.0 Å². The fourth-order valence-corrected chi connectivity index (χ4v) is 12.9. The van der Waals surface area contributed by atoms with Gasteiger partial charge in [-0.15, -0.1) is 0 Å². The van der Waals surface area contributed by atoms with Gasteiger partial charge in [0.1, 0.15) is 5.75 Å². The molecule has 6 heteroatoms. The summed E-state index contributed by atoms with van der Waals surface area (Å²) in [7, 11) is 0. The van der Waals surface area contributed by atoms with Crippen LogP contribution in [0.3, 0.4) is 0 Å². The SMILES string of the molecule is C[C@]12CC[C@H]3[C@]4(C=C[C@@]5(C=C4C(=O)c4ccccc4)CC(O)CC[C@]35C)[C@@H]1CC[C@@]2(O)CN(Cc1cccc2ccccc12)C(=O)Oc1ccc2ccccc2c1. The molecule has 3 saturated carbocycles. The lowest BCUT2D eigenvalue weighted by Crippen LogP contribution is -2.67. The van der Waals surface area contributed by atoms with Crippen molar-refractivity contribution in [2.24, 2.45) is 33.5 Å². The quantitative estimate of drug-likeness (QED) is 0.128. The number of hydrogen-bond donors (Lipinski definition) is 2. The highest BCUT2D eigenvalue weighted by Crippen LogP contribution is 2.78. The molecular formula is C51H51NO5. The molecule has 11 rings (SSSR count). The Balaban J connectivity index is 1.04. The smallest absolute Gasteiger partial charge is 0.410 e. The lowest BCUT2D eigenvalue weighted by atomic mass is 9.32. The number of allylic oxidation sites excluding steroid dienone is 4. The summed E-state index contributed by atoms with van der Waals surface area (Å²) in [4.78, 5) is 31.2. The molecule has 0 heterocycles. The summed E-state index contributed by atoms with van der Waals surface area (Å²) in [5, 5.41) is 28.6. The molecule has 6 aliphatic carbocycles. The Morgan fingerprint density at radius 2 is 1.42 bits per heavy atom. The number of benzene rings is 5. The van der Waals surface area contributed by atoms with Crippen molar-refractivity contribution >= 4 is 33.4 Å². The Hall–Kier alpha value is -5.04. The molecule has 0 aromatic heterocycles. The standard InChI is InChI=1S/C51H51NO5/c1-47-24-21-39(53)30-49(47)27-28-51(42(31-49)45(54)36-13-4-3-5-14-36)43(47)22-25-48(2)44(51)23-26-50(48,56)33-52(32-38-17-10-16-35-12-8-9-18-41(35)38)46(55)57-40-20-19-34-11-6-7-15-37(34)29-40/h3-20,27-29,31,39,43-44,53,56H,21-26,30,32-33H2,1-2H3/t39?,43-,44-,47-,48+,49+,50-,51-/m1/s1. The highest BCUT2D eigenvalue weighted by atomic mass is 16.6. The normalized spacial score (nSPS) is 33.6. The molecule has 3 fully saturated rings. The van der Waals surface area contributed by atoms with E-state index in [1.54, 1.807) is 4.90 Å². The largest absolute Gasteiger partial charge is 0.415 e. The second kappa shape index (κ2) is 13.0. The van der Waals surface area contributed by atoms with E-state index in [1.807, 2.05) is 91.0 Å². The van der Waals surface area contributed by atoms with Gasteiger partial charge in [-0.05, 0) is 101 Å². The van der Waals surface area contributed by atoms with E-state index in [0.717, 1.165) is 64.8 Å². The fraction of sp³-hybridized carbons (Fsp3) is 0.373. The molecule has 0 aliphatic heterocycles. The molecule has 5 aromatic carbocycles. The van der Waals surface area contributed by atoms with Crippen molar-refractivity contribution in [3.63, 3.8) is 0 Å². The van der Waals surface area contributed by atoms with E-state index in [1.165, 1.54) is 0 Å². The first-order valence-corrected chi connectivity index (χ1v) is 20.8. The highest BCUT2D eigenvalue weighted by Gasteiger charge is 2.74. The van der Waals surface area contributed by atoms with Gasteiger partial charge in [0.15, 0.2) is 5.78 Å². The van der Waals surface area contributed by atoms with Crippen LogP contribution >= 0.6 is 0 Å². The maximum atomic E-state index is 14.9. The molecule has 2 bridgehead atoms. The number of amides is 1. The minimum atomic E-state index is -1.26. The maximum Gasteiger partial charge on any atom is 0.415 e. The molecule has 290 valence electrons. The van der Waals surface area contributed by atoms with Gasteiger partial charge >= 0.3 is 6.09 Å². The van der Waals surface area contributed by atoms with Crippen molar-refractivity contribution in [1.29, 1.82) is 0 Å². The summed E-state index contributed by atoms with van der Waals surface area (Å²) in [6.07, 6.45) is 11.1. The number of carbonyl (C=O) groups is 2. The lowest BCUT2D eigenvalue weighted by Gasteiger charge is -2.71. The Morgan fingerprint density at radius 1 is 0.737 bits per heavy atom. The lowest BCUT2D eigenvalue weighted by molar-refractivity contribution is -0.175. The van der Waals surface area contributed by atoms with Crippen LogP contribution in [0, 0.1) is 33.5 Å². The third-order valence-corrected chi connectivity index (χ3v) is 15.9. The minimum Gasteiger partial charge on any atom is -0.410 e. The molecule has 8 atom stereocenters. The first-order chi connectivity index (χ1) is 27.5. The van der Waals surface area contributed by atoms with Gasteiger partial charge < -0.3 is 19.8 Å². The number of aliphatic hydroxyl groups excluding tert-OH is 1. The van der Waals surface area contributed by atoms with Gasteiger partial charge in [-0.2, -0.15) is 0 Å². The van der Waals surface area contributed by atoms with Crippen LogP contribution in [0.15, 0.2) is 139 Å². The molecule has 6 nitrogen and oxygen atoms in total. The van der Waals surface area contributed by atoms with Crippen LogP contribution in [0.5, 0.6) is 5.75 Å². The first kappa shape index (κ1) is 36.3. The average molecular weight is 758 g/mol. The highest BCUT2D eigenvalue weighted by molar-refractivity contribution is 6.10. The van der Waals surface area contributed by atoms with Gasteiger partial charge in [0.05, 0.1) is 18.2 Å². The van der Waals surface area contributed by atoms with Crippen LogP contribution < -0.4 is 4.74 Å². The van der Waals surface area contributed by atoms with Crippen LogP contribution in [0.1, 0.15) is 74.7 Å². The zero-order valence-corrected chi connectivity index (χ0v) is 32.9. The van der Waals surface area contributed by atoms with Gasteiger partial charge in [0.2, 0.25) is 0 Å². The second-order valence-corrected chi connectivity index (χ2v) is 18.4. The number of rotatable bonds is 7. The summed E-state index contributed by atoms with van der Waals surface area (Å²) in [5.41, 5.74) is -0.508. The first-order valence-electron chi connectivity index (χ1n) is 20.8. The van der Waals surface area contributed by atoms with Crippen molar-refractivity contribution in [2.45, 2.75) is 77.0 Å². The Morgan fingerprint density at radius 3 is 2.25 bits per heavy atom. The van der Waals surface area contributed by atoms with Crippen LogP contribution in [0.2, 0.25) is 0 Å². The van der Waals surface area contributed by atoms with E-state index in [2.05, 4.69) is 56.3 Å². The van der Waals surface area contributed by atoms with Gasteiger partial charge in [-0.25, -0.2) is 4.79 Å². The van der Waals surface area contributed by atoms with Crippen LogP contribution in [-0.2, 0) is 6.54 Å². The number of fused-ring (bicyclic) bond motifs is 3. The van der Waals surface area contributed by atoms with Crippen molar-refractivity contribution in [3.05, 3.63) is 150 Å². The molecule has 5 aromatic rings. The van der Waals surface area contributed by atoms with Gasteiger partial charge in [-0.3, -0.25) is 4.79 Å². The third-order valence-electron chi connectivity index (χ3n) is 15.9. The summed E-state index contributed by atoms with van der Waals surface area (Å²) in [6.45, 7) is 4.99. The zero-order chi connectivity index (χ0) is 39.2. The summed E-state index contributed by atoms with van der Waals surface area (Å²) in [5.74, 6) is 0.645. The number of ketones is 1. The fourth-order valence-electron chi connectivity index (χ4n) is 12.9. The Kier molecular flexibility index (Phi) is 8.27. The van der Waals surface area contributed by atoms with Gasteiger partial charge in [-0.1, -0.05) is 135 Å². The van der Waals surface area contributed by atoms with E-state index >= 15 is 0 Å². The number of hydrogen-bond acceptors (Lipinski definition) is 5. The summed E-state index contributed by atoms with van der Waals surface area (Å²) < 4.78 is 6.19. The maximum absolute atomic E-state index is 14.9. The number of Topliss-reactive ketones (excluding diaryl/α,β-unsaturated/α-hetero) is 1. The molecule has 2 N–H and O–H groups in total. The molecule has 0 saturated heterocycles. The molecular weight excluding hydrogens is 707 g/mol. The topological polar surface area (TPSA) is 87.1 Å². The average Bonchev–Trinajstić information content (AvgIpc) is 3.50. The Labute approximate surface area is 334 Å². The molecule has 6 aliphatic rings. The number of aliphatic hydroxyl groups is 2. The van der Waals surface area contributed by atoms with Crippen LogP contribution in [0.4, 0.5) is 4.79 Å². The molecule has 2 spiro atoms. The molecule has 0 radical (unpaired) electrons. The molecule has 1 unspecified atom stereocenters. The predicted octanol–water partition coefficient (Wildman–Crippen LogP) is 10.5. The number of ether oxygens (including phenoxy) is 1. The minimum absolute atomic E-state index is 0.0400. The zero-order valence-electron chi connectivity index (χ0n) is 32.9. The van der Waals surface area contributed by atoms with Crippen molar-refractivity contribution < 1.29 is 24.5 Å². The second-order valence-electron chi connectivity index (χ2n) is 18.4. The van der Waals surface area contributed by atoms with E-state index in [9.17, 15) is 19.8 Å². The predicted molar refractivity (Wildman–Crippen MR) is 224 cm³/mol. The van der Waals surface area contributed by atoms with E-state index in [4.69, 9.17) is 4.74 Å². The summed E-state index contributed by atoms with van der Waals surface area (Å²) >= 11 is 0. The van der Waals surface area contributed by atoms with Crippen LogP contribution in [0.25, 0.3) is 21.5 Å². The van der Waals surface area contributed by atoms with E-state index in [-0.39, 0.29) is 36.1 Å². The number of carbonyl (C=O) groups excluding carboxylic acids is 2. The van der Waals surface area contributed by atoms with Crippen molar-refractivity contribution in [1.82, 2.24) is 4.90 Å².